The molecule has 1 fully saturated rings. The number of morpholine rings is 1. The second kappa shape index (κ2) is 3.64. The summed E-state index contributed by atoms with van der Waals surface area (Å²) in [7, 11) is 0. The fourth-order valence-corrected chi connectivity index (χ4v) is 1.08. The number of ether oxygens (including phenoxy) is 1. The number of nitrogens with zero attached hydrogens (tertiary/aromatic N) is 1. The first-order valence-corrected chi connectivity index (χ1v) is 3.70. The molecule has 0 unspecified atom stereocenters. The molecule has 0 saturated carbocycles. The van der Waals surface area contributed by atoms with Crippen LogP contribution in [0.15, 0.2) is 0 Å². The van der Waals surface area contributed by atoms with E-state index < -0.39 is 6.04 Å². The Hall–Kier alpha value is -0.940. The molecular formula is C7H11NO4. The zero-order valence-electron chi connectivity index (χ0n) is 6.82. The molecule has 0 radical (unpaired) electrons. The van der Waals surface area contributed by atoms with Crippen molar-refractivity contribution in [1.82, 2.24) is 4.90 Å². The Kier molecular flexibility index (Phi) is 2.78. The van der Waals surface area contributed by atoms with Gasteiger partial charge in [-0.05, 0) is 6.92 Å². The minimum atomic E-state index is -0.450. The van der Waals surface area contributed by atoms with Gasteiger partial charge in [0.15, 0.2) is 0 Å². The van der Waals surface area contributed by atoms with Crippen LogP contribution in [-0.4, -0.2) is 47.7 Å². The average Bonchev–Trinajstić information content (AvgIpc) is 2.03. The topological polar surface area (TPSA) is 66.8 Å². The quantitative estimate of drug-likeness (QED) is 0.530. The zero-order valence-corrected chi connectivity index (χ0v) is 6.82. The summed E-state index contributed by atoms with van der Waals surface area (Å²) in [6.07, 6.45) is 0. The maximum absolute atomic E-state index is 11.1. The van der Waals surface area contributed by atoms with E-state index in [9.17, 15) is 9.59 Å². The van der Waals surface area contributed by atoms with Crippen LogP contribution in [0.4, 0.5) is 0 Å². The first-order valence-electron chi connectivity index (χ1n) is 3.70. The highest BCUT2D eigenvalue weighted by Gasteiger charge is 2.30. The van der Waals surface area contributed by atoms with Crippen molar-refractivity contribution in [2.24, 2.45) is 0 Å². The summed E-state index contributed by atoms with van der Waals surface area (Å²) >= 11 is 0. The number of aliphatic hydroxyl groups is 1. The minimum absolute atomic E-state index is 0.0733. The van der Waals surface area contributed by atoms with Gasteiger partial charge in [-0.3, -0.25) is 14.5 Å². The molecule has 5 heteroatoms. The van der Waals surface area contributed by atoms with E-state index in [4.69, 9.17) is 9.84 Å². The van der Waals surface area contributed by atoms with Crippen LogP contribution in [-0.2, 0) is 14.3 Å². The van der Waals surface area contributed by atoms with Crippen LogP contribution in [0.3, 0.4) is 0 Å². The van der Waals surface area contributed by atoms with E-state index >= 15 is 0 Å². The molecule has 68 valence electrons. The van der Waals surface area contributed by atoms with Crippen molar-refractivity contribution in [3.63, 3.8) is 0 Å². The van der Waals surface area contributed by atoms with Crippen molar-refractivity contribution in [3.8, 4) is 0 Å². The van der Waals surface area contributed by atoms with E-state index in [1.54, 1.807) is 6.92 Å². The van der Waals surface area contributed by atoms with E-state index in [0.29, 0.717) is 0 Å². The minimum Gasteiger partial charge on any atom is -0.394 e. The first-order chi connectivity index (χ1) is 5.66. The normalized spacial score (nSPS) is 21.3. The van der Waals surface area contributed by atoms with Crippen LogP contribution in [0.5, 0.6) is 0 Å². The molecule has 5 nitrogen and oxygen atoms in total. The van der Waals surface area contributed by atoms with Crippen LogP contribution >= 0.6 is 0 Å². The Bertz CT molecular complexity index is 188. The molecule has 0 spiro atoms. The third-order valence-corrected chi connectivity index (χ3v) is 1.69. The fourth-order valence-electron chi connectivity index (χ4n) is 1.08. The third-order valence-electron chi connectivity index (χ3n) is 1.69. The molecule has 0 aliphatic carbocycles. The van der Waals surface area contributed by atoms with Gasteiger partial charge in [-0.25, -0.2) is 0 Å². The summed E-state index contributed by atoms with van der Waals surface area (Å²) < 4.78 is 4.70. The lowest BCUT2D eigenvalue weighted by Crippen LogP contribution is -2.51. The summed E-state index contributed by atoms with van der Waals surface area (Å²) in [6, 6.07) is -0.450. The standard InChI is InChI=1S/C7H11NO4/c1-5(2-9)8-6(10)3-12-4-7(8)11/h5,9H,2-4H2,1H3/t5-/m0/s1. The summed E-state index contributed by atoms with van der Waals surface area (Å²) in [5, 5.41) is 8.74. The van der Waals surface area contributed by atoms with Gasteiger partial charge < -0.3 is 9.84 Å². The monoisotopic (exact) mass is 173 g/mol. The Morgan fingerprint density at radius 2 is 2.00 bits per heavy atom. The molecule has 1 atom stereocenters. The van der Waals surface area contributed by atoms with Crippen LogP contribution in [0.25, 0.3) is 0 Å². The van der Waals surface area contributed by atoms with Crippen molar-refractivity contribution in [2.75, 3.05) is 19.8 Å². The van der Waals surface area contributed by atoms with E-state index in [2.05, 4.69) is 0 Å². The molecule has 1 rings (SSSR count). The van der Waals surface area contributed by atoms with Gasteiger partial charge in [-0.2, -0.15) is 0 Å². The van der Waals surface area contributed by atoms with Gasteiger partial charge in [-0.15, -0.1) is 0 Å². The second-order valence-corrected chi connectivity index (χ2v) is 2.68. The van der Waals surface area contributed by atoms with Crippen LogP contribution in [0, 0.1) is 0 Å². The lowest BCUT2D eigenvalue weighted by molar-refractivity contribution is -0.162. The Balaban J connectivity index is 2.69. The molecule has 1 N–H and O–H groups in total. The molecule has 1 aliphatic heterocycles. The number of carbonyl (C=O) groups is 2. The molecule has 1 aliphatic rings. The molecule has 1 saturated heterocycles. The summed E-state index contributed by atoms with van der Waals surface area (Å²) in [5.41, 5.74) is 0. The highest BCUT2D eigenvalue weighted by atomic mass is 16.5. The van der Waals surface area contributed by atoms with Crippen molar-refractivity contribution in [1.29, 1.82) is 0 Å². The summed E-state index contributed by atoms with van der Waals surface area (Å²) in [4.78, 5) is 23.2. The maximum atomic E-state index is 11.1. The number of imide groups is 1. The van der Waals surface area contributed by atoms with Crippen molar-refractivity contribution < 1.29 is 19.4 Å². The van der Waals surface area contributed by atoms with Gasteiger partial charge in [0.2, 0.25) is 0 Å². The van der Waals surface area contributed by atoms with Gasteiger partial charge in [-0.1, -0.05) is 0 Å². The molecule has 0 aromatic heterocycles. The predicted octanol–water partition coefficient (Wildman–Crippen LogP) is -1.25. The number of carbonyl (C=O) groups excluding carboxylic acids is 2. The summed E-state index contributed by atoms with van der Waals surface area (Å²) in [6.45, 7) is 1.25. The van der Waals surface area contributed by atoms with Crippen molar-refractivity contribution in [2.45, 2.75) is 13.0 Å². The van der Waals surface area contributed by atoms with Crippen molar-refractivity contribution >= 4 is 11.8 Å². The molecule has 0 bridgehead atoms. The van der Waals surface area contributed by atoms with Crippen LogP contribution in [0.1, 0.15) is 6.92 Å². The van der Waals surface area contributed by atoms with E-state index in [1.807, 2.05) is 0 Å². The van der Waals surface area contributed by atoms with E-state index in [1.165, 1.54) is 0 Å². The number of hydrogen-bond donors (Lipinski definition) is 1. The highest BCUT2D eigenvalue weighted by Crippen LogP contribution is 2.05. The number of rotatable bonds is 2. The van der Waals surface area contributed by atoms with Crippen molar-refractivity contribution in [3.05, 3.63) is 0 Å². The molecular weight excluding hydrogens is 162 g/mol. The maximum Gasteiger partial charge on any atom is 0.255 e. The fraction of sp³-hybridized carbons (Fsp3) is 0.714. The zero-order chi connectivity index (χ0) is 9.14. The predicted molar refractivity (Wildman–Crippen MR) is 39.2 cm³/mol. The number of amides is 2. The number of hydrogen-bond acceptors (Lipinski definition) is 4. The molecule has 0 aromatic carbocycles. The highest BCUT2D eigenvalue weighted by molar-refractivity contribution is 5.98. The van der Waals surface area contributed by atoms with Crippen LogP contribution in [0.2, 0.25) is 0 Å². The Morgan fingerprint density at radius 1 is 1.50 bits per heavy atom. The van der Waals surface area contributed by atoms with E-state index in [-0.39, 0.29) is 31.6 Å². The van der Waals surface area contributed by atoms with Gasteiger partial charge >= 0.3 is 0 Å². The first kappa shape index (κ1) is 9.15. The van der Waals surface area contributed by atoms with Crippen LogP contribution < -0.4 is 0 Å². The summed E-state index contributed by atoms with van der Waals surface area (Å²) in [5.74, 6) is -0.763. The largest absolute Gasteiger partial charge is 0.394 e. The molecule has 1 heterocycles. The molecule has 12 heavy (non-hydrogen) atoms. The number of aliphatic hydroxyl groups excluding tert-OH is 1. The lowest BCUT2D eigenvalue weighted by Gasteiger charge is -2.29. The SMILES string of the molecule is C[C@@H](CO)N1C(=O)COCC1=O. The van der Waals surface area contributed by atoms with Gasteiger partial charge in [0.25, 0.3) is 11.8 Å². The Morgan fingerprint density at radius 3 is 2.42 bits per heavy atom. The Labute approximate surface area is 69.9 Å². The lowest BCUT2D eigenvalue weighted by atomic mass is 10.2. The van der Waals surface area contributed by atoms with E-state index in [0.717, 1.165) is 4.90 Å². The molecule has 2 amide bonds. The smallest absolute Gasteiger partial charge is 0.255 e. The van der Waals surface area contributed by atoms with Gasteiger partial charge in [0, 0.05) is 0 Å². The molecule has 0 aromatic rings. The second-order valence-electron chi connectivity index (χ2n) is 2.68. The van der Waals surface area contributed by atoms with Gasteiger partial charge in [0.1, 0.15) is 13.2 Å². The van der Waals surface area contributed by atoms with Gasteiger partial charge in [0.05, 0.1) is 12.6 Å². The average molecular weight is 173 g/mol. The third kappa shape index (κ3) is 1.62.